The highest BCUT2D eigenvalue weighted by molar-refractivity contribution is 6.10. The number of nitrogens with one attached hydrogen (secondary N) is 2. The molecule has 0 saturated heterocycles. The van der Waals surface area contributed by atoms with Crippen LogP contribution < -0.4 is 24.8 Å². The second-order valence-corrected chi connectivity index (χ2v) is 6.27. The van der Waals surface area contributed by atoms with Crippen LogP contribution in [-0.2, 0) is 4.79 Å². The zero-order chi connectivity index (χ0) is 19.5. The minimum Gasteiger partial charge on any atom is -0.494 e. The maximum atomic E-state index is 12.5. The summed E-state index contributed by atoms with van der Waals surface area (Å²) in [6.45, 7) is 2.63. The molecule has 0 spiro atoms. The van der Waals surface area contributed by atoms with Crippen molar-refractivity contribution in [2.24, 2.45) is 4.99 Å². The van der Waals surface area contributed by atoms with E-state index in [1.165, 1.54) is 0 Å². The van der Waals surface area contributed by atoms with E-state index >= 15 is 0 Å². The van der Waals surface area contributed by atoms with Crippen LogP contribution in [0.3, 0.4) is 0 Å². The molecule has 8 nitrogen and oxygen atoms in total. The van der Waals surface area contributed by atoms with Crippen LogP contribution in [0.1, 0.15) is 35.3 Å². The number of aliphatic imine (C=N–C) groups is 1. The zero-order valence-corrected chi connectivity index (χ0v) is 15.2. The lowest BCUT2D eigenvalue weighted by atomic mass is 10.0. The van der Waals surface area contributed by atoms with Gasteiger partial charge in [0, 0.05) is 5.56 Å². The first-order chi connectivity index (χ1) is 13.6. The molecule has 0 bridgehead atoms. The Bertz CT molecular complexity index is 939. The molecular weight excluding hydrogens is 362 g/mol. The SMILES string of the molecule is CCOc1ccc(C2CC(=O)NC(NC(=O)c3ccc4c(c3)OCO4)=N2)cc1. The maximum absolute atomic E-state index is 12.5. The topological polar surface area (TPSA) is 98.3 Å². The fourth-order valence-corrected chi connectivity index (χ4v) is 3.02. The number of amides is 2. The smallest absolute Gasteiger partial charge is 0.258 e. The molecule has 2 aliphatic heterocycles. The monoisotopic (exact) mass is 381 g/mol. The van der Waals surface area contributed by atoms with Crippen LogP contribution in [0.25, 0.3) is 0 Å². The lowest BCUT2D eigenvalue weighted by Crippen LogP contribution is -2.47. The average molecular weight is 381 g/mol. The molecule has 1 atom stereocenters. The van der Waals surface area contributed by atoms with Gasteiger partial charge in [-0.3, -0.25) is 20.2 Å². The summed E-state index contributed by atoms with van der Waals surface area (Å²) in [5, 5.41) is 5.25. The lowest BCUT2D eigenvalue weighted by molar-refractivity contribution is -0.120. The molecule has 0 aliphatic carbocycles. The van der Waals surface area contributed by atoms with Gasteiger partial charge in [0.2, 0.25) is 18.7 Å². The van der Waals surface area contributed by atoms with Gasteiger partial charge in [-0.1, -0.05) is 12.1 Å². The Morgan fingerprint density at radius 1 is 1.21 bits per heavy atom. The van der Waals surface area contributed by atoms with Crippen molar-refractivity contribution in [3.05, 3.63) is 53.6 Å². The van der Waals surface area contributed by atoms with E-state index in [2.05, 4.69) is 15.6 Å². The maximum Gasteiger partial charge on any atom is 0.258 e. The number of nitrogens with zero attached hydrogens (tertiary/aromatic N) is 1. The highest BCUT2D eigenvalue weighted by atomic mass is 16.7. The molecule has 1 unspecified atom stereocenters. The largest absolute Gasteiger partial charge is 0.494 e. The molecule has 0 saturated carbocycles. The number of guanidine groups is 1. The number of rotatable bonds is 4. The van der Waals surface area contributed by atoms with Gasteiger partial charge in [0.15, 0.2) is 11.5 Å². The number of hydrogen-bond donors (Lipinski definition) is 2. The van der Waals surface area contributed by atoms with Gasteiger partial charge in [0.05, 0.1) is 19.1 Å². The highest BCUT2D eigenvalue weighted by Crippen LogP contribution is 2.32. The Hall–Kier alpha value is -3.55. The first kappa shape index (κ1) is 17.8. The number of carbonyl (C=O) groups is 2. The van der Waals surface area contributed by atoms with Crippen molar-refractivity contribution in [3.63, 3.8) is 0 Å². The molecular formula is C20H19N3O5. The van der Waals surface area contributed by atoms with E-state index in [9.17, 15) is 9.59 Å². The first-order valence-corrected chi connectivity index (χ1v) is 8.94. The molecule has 0 aromatic heterocycles. The fourth-order valence-electron chi connectivity index (χ4n) is 3.02. The number of fused-ring (bicyclic) bond motifs is 1. The molecule has 0 fully saturated rings. The number of hydrogen-bond acceptors (Lipinski definition) is 6. The predicted octanol–water partition coefficient (Wildman–Crippen LogP) is 2.16. The summed E-state index contributed by atoms with van der Waals surface area (Å²) in [5.41, 5.74) is 1.25. The Kier molecular flexibility index (Phi) is 4.84. The van der Waals surface area contributed by atoms with Gasteiger partial charge >= 0.3 is 0 Å². The summed E-state index contributed by atoms with van der Waals surface area (Å²) in [4.78, 5) is 29.1. The Labute approximate surface area is 161 Å². The molecule has 8 heteroatoms. The summed E-state index contributed by atoms with van der Waals surface area (Å²) in [6.07, 6.45) is 0.206. The van der Waals surface area contributed by atoms with Gasteiger partial charge in [-0.15, -0.1) is 0 Å². The number of benzene rings is 2. The highest BCUT2D eigenvalue weighted by Gasteiger charge is 2.24. The van der Waals surface area contributed by atoms with Crippen molar-refractivity contribution in [1.82, 2.24) is 10.6 Å². The molecule has 2 heterocycles. The lowest BCUT2D eigenvalue weighted by Gasteiger charge is -2.21. The van der Waals surface area contributed by atoms with Crippen LogP contribution in [0.5, 0.6) is 17.2 Å². The minimum atomic E-state index is -0.398. The quantitative estimate of drug-likeness (QED) is 0.846. The molecule has 2 amide bonds. The normalized spacial score (nSPS) is 17.5. The average Bonchev–Trinajstić information content (AvgIpc) is 3.16. The van der Waals surface area contributed by atoms with Gasteiger partial charge in [-0.25, -0.2) is 4.99 Å². The van der Waals surface area contributed by atoms with Crippen molar-refractivity contribution < 1.29 is 23.8 Å². The van der Waals surface area contributed by atoms with E-state index in [1.54, 1.807) is 18.2 Å². The van der Waals surface area contributed by atoms with E-state index < -0.39 is 5.91 Å². The first-order valence-electron chi connectivity index (χ1n) is 8.94. The summed E-state index contributed by atoms with van der Waals surface area (Å²) >= 11 is 0. The molecule has 2 N–H and O–H groups in total. The van der Waals surface area contributed by atoms with Crippen molar-refractivity contribution >= 4 is 17.8 Å². The van der Waals surface area contributed by atoms with E-state index in [4.69, 9.17) is 14.2 Å². The number of ether oxygens (including phenoxy) is 3. The van der Waals surface area contributed by atoms with Crippen LogP contribution >= 0.6 is 0 Å². The van der Waals surface area contributed by atoms with Crippen molar-refractivity contribution in [1.29, 1.82) is 0 Å². The standard InChI is InChI=1S/C20H19N3O5/c1-2-26-14-6-3-12(4-7-14)15-10-18(24)22-20(21-15)23-19(25)13-5-8-16-17(9-13)28-11-27-16/h3-9,15H,2,10-11H2,1H3,(H2,21,22,23,24,25). The summed E-state index contributed by atoms with van der Waals surface area (Å²) in [6, 6.07) is 11.9. The Balaban J connectivity index is 1.50. The molecule has 144 valence electrons. The zero-order valence-electron chi connectivity index (χ0n) is 15.2. The summed E-state index contributed by atoms with van der Waals surface area (Å²) in [7, 11) is 0. The van der Waals surface area contributed by atoms with Crippen LogP contribution in [0, 0.1) is 0 Å². The van der Waals surface area contributed by atoms with Gasteiger partial charge in [0.25, 0.3) is 5.91 Å². The van der Waals surface area contributed by atoms with Crippen LogP contribution in [0.15, 0.2) is 47.5 Å². The second-order valence-electron chi connectivity index (χ2n) is 6.27. The molecule has 4 rings (SSSR count). The van der Waals surface area contributed by atoms with E-state index in [-0.39, 0.29) is 31.1 Å². The van der Waals surface area contributed by atoms with E-state index in [0.717, 1.165) is 11.3 Å². The predicted molar refractivity (Wildman–Crippen MR) is 101 cm³/mol. The van der Waals surface area contributed by atoms with Crippen molar-refractivity contribution in [2.75, 3.05) is 13.4 Å². The van der Waals surface area contributed by atoms with E-state index in [0.29, 0.717) is 23.7 Å². The number of carbonyl (C=O) groups excluding carboxylic acids is 2. The fraction of sp³-hybridized carbons (Fsp3) is 0.250. The van der Waals surface area contributed by atoms with Crippen molar-refractivity contribution in [3.8, 4) is 17.2 Å². The third-order valence-corrected chi connectivity index (χ3v) is 4.36. The summed E-state index contributed by atoms with van der Waals surface area (Å²) in [5.74, 6) is 1.37. The molecule has 28 heavy (non-hydrogen) atoms. The molecule has 2 aromatic rings. The minimum absolute atomic E-state index is 0.123. The van der Waals surface area contributed by atoms with Crippen molar-refractivity contribution in [2.45, 2.75) is 19.4 Å². The van der Waals surface area contributed by atoms with Gasteiger partial charge in [-0.05, 0) is 42.8 Å². The third kappa shape index (κ3) is 3.75. The van der Waals surface area contributed by atoms with Crippen LogP contribution in [0.4, 0.5) is 0 Å². The van der Waals surface area contributed by atoms with Crippen LogP contribution in [0.2, 0.25) is 0 Å². The summed E-state index contributed by atoms with van der Waals surface area (Å²) < 4.78 is 16.0. The molecule has 0 radical (unpaired) electrons. The third-order valence-electron chi connectivity index (χ3n) is 4.36. The van der Waals surface area contributed by atoms with Gasteiger partial charge in [0.1, 0.15) is 5.75 Å². The van der Waals surface area contributed by atoms with Crippen LogP contribution in [-0.4, -0.2) is 31.2 Å². The van der Waals surface area contributed by atoms with Gasteiger partial charge in [-0.2, -0.15) is 0 Å². The van der Waals surface area contributed by atoms with Gasteiger partial charge < -0.3 is 14.2 Å². The second kappa shape index (κ2) is 7.59. The van der Waals surface area contributed by atoms with E-state index in [1.807, 2.05) is 31.2 Å². The molecule has 2 aliphatic rings. The Morgan fingerprint density at radius 3 is 2.79 bits per heavy atom. The molecule has 2 aromatic carbocycles. The Morgan fingerprint density at radius 2 is 2.00 bits per heavy atom.